The molecule has 0 aromatic heterocycles. The van der Waals surface area contributed by atoms with E-state index in [1.54, 1.807) is 0 Å². The molecule has 0 bridgehead atoms. The lowest BCUT2D eigenvalue weighted by Gasteiger charge is -2.25. The first-order valence-electron chi connectivity index (χ1n) is 10.7. The molecule has 1 aliphatic carbocycles. The van der Waals surface area contributed by atoms with Crippen molar-refractivity contribution in [2.24, 2.45) is 0 Å². The van der Waals surface area contributed by atoms with Crippen LogP contribution in [0.4, 0.5) is 0 Å². The summed E-state index contributed by atoms with van der Waals surface area (Å²) in [5, 5.41) is 10.5. The van der Waals surface area contributed by atoms with Crippen molar-refractivity contribution in [1.29, 1.82) is 0 Å². The summed E-state index contributed by atoms with van der Waals surface area (Å²) in [6.45, 7) is 4.35. The quantitative estimate of drug-likeness (QED) is 0.350. The summed E-state index contributed by atoms with van der Waals surface area (Å²) in [7, 11) is 0. The second-order valence-corrected chi connectivity index (χ2v) is 9.21. The number of aliphatic hydroxyl groups excluding tert-OH is 1. The van der Waals surface area contributed by atoms with Crippen molar-refractivity contribution in [3.8, 4) is 0 Å². The van der Waals surface area contributed by atoms with E-state index in [0.29, 0.717) is 0 Å². The van der Waals surface area contributed by atoms with Gasteiger partial charge in [0.25, 0.3) is 0 Å². The van der Waals surface area contributed by atoms with Crippen LogP contribution in [0, 0.1) is 0 Å². The molecule has 1 fully saturated rings. The predicted molar refractivity (Wildman–Crippen MR) is 121 cm³/mol. The van der Waals surface area contributed by atoms with Crippen molar-refractivity contribution >= 4 is 23.2 Å². The third kappa shape index (κ3) is 4.93. The third-order valence-corrected chi connectivity index (χ3v) is 7.08. The molecular formula is C25H32Cl2O. The lowest BCUT2D eigenvalue weighted by molar-refractivity contribution is 0.163. The Morgan fingerprint density at radius 3 is 1.89 bits per heavy atom. The molecule has 1 saturated carbocycles. The van der Waals surface area contributed by atoms with Gasteiger partial charge < -0.3 is 5.11 Å². The molecule has 5 atom stereocenters. The number of hydrogen-bond acceptors (Lipinski definition) is 1. The zero-order valence-electron chi connectivity index (χ0n) is 17.0. The van der Waals surface area contributed by atoms with Crippen LogP contribution >= 0.6 is 23.2 Å². The fourth-order valence-electron chi connectivity index (χ4n) is 4.46. The molecule has 3 rings (SSSR count). The molecule has 2 aromatic carbocycles. The molecule has 1 nitrogen and oxygen atoms in total. The molecule has 0 saturated heterocycles. The van der Waals surface area contributed by atoms with Gasteiger partial charge in [-0.3, -0.25) is 0 Å². The van der Waals surface area contributed by atoms with E-state index in [4.69, 9.17) is 23.2 Å². The maximum absolute atomic E-state index is 10.4. The summed E-state index contributed by atoms with van der Waals surface area (Å²) >= 11 is 13.5. The summed E-state index contributed by atoms with van der Waals surface area (Å²) in [5.74, 6) is 0.415. The normalized spacial score (nSPS) is 25.8. The van der Waals surface area contributed by atoms with Crippen molar-refractivity contribution in [2.45, 2.75) is 81.1 Å². The maximum atomic E-state index is 10.4. The number of hydrogen-bond donors (Lipinski definition) is 1. The largest absolute Gasteiger partial charge is 0.388 e. The van der Waals surface area contributed by atoms with E-state index < -0.39 is 0 Å². The highest BCUT2D eigenvalue weighted by Crippen LogP contribution is 2.50. The van der Waals surface area contributed by atoms with Crippen molar-refractivity contribution in [3.63, 3.8) is 0 Å². The van der Waals surface area contributed by atoms with Crippen LogP contribution in [0.3, 0.4) is 0 Å². The predicted octanol–water partition coefficient (Wildman–Crippen LogP) is 7.35. The van der Waals surface area contributed by atoms with E-state index >= 15 is 0 Å². The number of halogens is 2. The highest BCUT2D eigenvalue weighted by atomic mass is 35.5. The monoisotopic (exact) mass is 418 g/mol. The molecule has 0 radical (unpaired) electrons. The van der Waals surface area contributed by atoms with Crippen molar-refractivity contribution in [2.75, 3.05) is 0 Å². The Labute approximate surface area is 180 Å². The van der Waals surface area contributed by atoms with Gasteiger partial charge in [0.2, 0.25) is 0 Å². The van der Waals surface area contributed by atoms with Crippen LogP contribution in [0.15, 0.2) is 48.5 Å². The summed E-state index contributed by atoms with van der Waals surface area (Å²) in [4.78, 5) is 0. The van der Waals surface area contributed by atoms with Crippen LogP contribution in [0.2, 0.25) is 0 Å². The van der Waals surface area contributed by atoms with Gasteiger partial charge in [-0.15, -0.1) is 23.2 Å². The molecule has 152 valence electrons. The molecule has 5 unspecified atom stereocenters. The zero-order valence-corrected chi connectivity index (χ0v) is 18.5. The van der Waals surface area contributed by atoms with Crippen LogP contribution < -0.4 is 0 Å². The minimum atomic E-state index is -0.380. The van der Waals surface area contributed by atoms with Crippen LogP contribution in [0.1, 0.15) is 86.1 Å². The van der Waals surface area contributed by atoms with Crippen molar-refractivity contribution < 1.29 is 5.11 Å². The summed E-state index contributed by atoms with van der Waals surface area (Å²) in [5.41, 5.74) is 4.83. The number of rotatable bonds is 8. The van der Waals surface area contributed by atoms with Gasteiger partial charge >= 0.3 is 0 Å². The molecule has 0 aliphatic heterocycles. The van der Waals surface area contributed by atoms with E-state index in [0.717, 1.165) is 31.2 Å². The van der Waals surface area contributed by atoms with Crippen LogP contribution in [0.25, 0.3) is 0 Å². The van der Waals surface area contributed by atoms with Gasteiger partial charge in [-0.1, -0.05) is 81.6 Å². The Morgan fingerprint density at radius 2 is 1.39 bits per heavy atom. The number of unbranched alkanes of at least 4 members (excludes halogenated alkanes) is 2. The van der Waals surface area contributed by atoms with E-state index in [-0.39, 0.29) is 28.7 Å². The molecule has 3 heteroatoms. The third-order valence-electron chi connectivity index (χ3n) is 6.18. The Morgan fingerprint density at radius 1 is 0.857 bits per heavy atom. The van der Waals surface area contributed by atoms with Gasteiger partial charge in [-0.25, -0.2) is 0 Å². The van der Waals surface area contributed by atoms with Gasteiger partial charge in [0.05, 0.1) is 6.10 Å². The minimum Gasteiger partial charge on any atom is -0.388 e. The smallest absolute Gasteiger partial charge is 0.0790 e. The van der Waals surface area contributed by atoms with Gasteiger partial charge in [0, 0.05) is 22.6 Å². The topological polar surface area (TPSA) is 20.2 Å². The van der Waals surface area contributed by atoms with Gasteiger partial charge in [-0.05, 0) is 41.5 Å². The Kier molecular flexibility index (Phi) is 7.85. The second-order valence-electron chi connectivity index (χ2n) is 8.09. The summed E-state index contributed by atoms with van der Waals surface area (Å²) in [6.07, 6.45) is 5.70. The standard InChI is InChI=1S/C25H32Cl2O/c1-3-5-6-7-23(28)18-12-14-20(15-13-18)25-22(27)16-21(26)24(25)19-10-8-17(4-2)9-11-19/h8-15,21-25,28H,3-7,16H2,1-2H3. The van der Waals surface area contributed by atoms with E-state index in [1.165, 1.54) is 29.5 Å². The summed E-state index contributed by atoms with van der Waals surface area (Å²) in [6, 6.07) is 17.2. The maximum Gasteiger partial charge on any atom is 0.0790 e. The van der Waals surface area contributed by atoms with Gasteiger partial charge in [-0.2, -0.15) is 0 Å². The van der Waals surface area contributed by atoms with E-state index in [1.807, 2.05) is 0 Å². The first kappa shape index (κ1) is 21.7. The first-order valence-corrected chi connectivity index (χ1v) is 11.6. The fraction of sp³-hybridized carbons (Fsp3) is 0.520. The van der Waals surface area contributed by atoms with E-state index in [2.05, 4.69) is 62.4 Å². The molecular weight excluding hydrogens is 387 g/mol. The van der Waals surface area contributed by atoms with Crippen LogP contribution in [-0.4, -0.2) is 15.9 Å². The van der Waals surface area contributed by atoms with Crippen molar-refractivity contribution in [3.05, 3.63) is 70.8 Å². The average Bonchev–Trinajstić information content (AvgIpc) is 3.02. The molecule has 0 amide bonds. The summed E-state index contributed by atoms with van der Waals surface area (Å²) < 4.78 is 0. The average molecular weight is 419 g/mol. The molecule has 0 spiro atoms. The molecule has 0 heterocycles. The lowest BCUT2D eigenvalue weighted by atomic mass is 9.83. The number of aryl methyl sites for hydroxylation is 1. The van der Waals surface area contributed by atoms with E-state index in [9.17, 15) is 5.11 Å². The minimum absolute atomic E-state index is 0.0266. The van der Waals surface area contributed by atoms with Gasteiger partial charge in [0.15, 0.2) is 0 Å². The SMILES string of the molecule is CCCCCC(O)c1ccc(C2C(Cl)CC(Cl)C2c2ccc(CC)cc2)cc1. The van der Waals surface area contributed by atoms with Crippen LogP contribution in [-0.2, 0) is 6.42 Å². The zero-order chi connectivity index (χ0) is 20.1. The molecule has 1 N–H and O–H groups in total. The fourth-order valence-corrected chi connectivity index (χ4v) is 5.54. The number of benzene rings is 2. The Balaban J connectivity index is 1.79. The second kappa shape index (κ2) is 10.1. The number of alkyl halides is 2. The first-order chi connectivity index (χ1) is 13.5. The molecule has 1 aliphatic rings. The Hall–Kier alpha value is -1.02. The van der Waals surface area contributed by atoms with Crippen LogP contribution in [0.5, 0.6) is 0 Å². The highest BCUT2D eigenvalue weighted by Gasteiger charge is 2.43. The number of aliphatic hydroxyl groups is 1. The van der Waals surface area contributed by atoms with Crippen molar-refractivity contribution in [1.82, 2.24) is 0 Å². The lowest BCUT2D eigenvalue weighted by Crippen LogP contribution is -2.15. The molecule has 28 heavy (non-hydrogen) atoms. The molecule has 2 aromatic rings. The highest BCUT2D eigenvalue weighted by molar-refractivity contribution is 6.25. The van der Waals surface area contributed by atoms with Gasteiger partial charge in [0.1, 0.15) is 0 Å². The Bertz CT molecular complexity index is 725.